The summed E-state index contributed by atoms with van der Waals surface area (Å²) in [4.78, 5) is 16.8. The second-order valence-corrected chi connectivity index (χ2v) is 8.84. The van der Waals surface area contributed by atoms with Gasteiger partial charge in [-0.25, -0.2) is 18.4 Å². The van der Waals surface area contributed by atoms with Crippen molar-refractivity contribution in [2.75, 3.05) is 0 Å². The highest BCUT2D eigenvalue weighted by Crippen LogP contribution is 2.32. The molecule has 0 saturated heterocycles. The summed E-state index contributed by atoms with van der Waals surface area (Å²) in [5, 5.41) is 17.4. The van der Waals surface area contributed by atoms with Crippen LogP contribution in [-0.4, -0.2) is 31.9 Å². The average Bonchev–Trinajstić information content (AvgIpc) is 3.28. The first-order chi connectivity index (χ1) is 17.2. The number of halogens is 3. The minimum Gasteiger partial charge on any atom is -0.487 e. The molecule has 2 aromatic heterocycles. The van der Waals surface area contributed by atoms with E-state index in [-0.39, 0.29) is 18.1 Å². The van der Waals surface area contributed by atoms with Crippen molar-refractivity contribution in [3.8, 4) is 11.4 Å². The predicted octanol–water partition coefficient (Wildman–Crippen LogP) is 5.19. The van der Waals surface area contributed by atoms with Gasteiger partial charge < -0.3 is 15.2 Å². The first-order valence-corrected chi connectivity index (χ1v) is 11.8. The maximum Gasteiger partial charge on any atom is 0.249 e. The number of nitrogens with zero attached hydrogens (tertiary/aromatic N) is 3. The molecule has 7 nitrogen and oxygen atoms in total. The van der Waals surface area contributed by atoms with E-state index in [0.29, 0.717) is 39.2 Å². The van der Waals surface area contributed by atoms with Crippen molar-refractivity contribution < 1.29 is 23.4 Å². The number of aromatic nitrogens is 3. The number of fused-ring (bicyclic) bond motifs is 1. The topological polar surface area (TPSA) is 89.3 Å². The van der Waals surface area contributed by atoms with E-state index in [4.69, 9.17) is 16.3 Å². The zero-order chi connectivity index (χ0) is 26.0. The molecule has 2 atom stereocenters. The second-order valence-electron chi connectivity index (χ2n) is 8.44. The summed E-state index contributed by atoms with van der Waals surface area (Å²) < 4.78 is 35.4. The molecule has 0 radical (unpaired) electrons. The molecule has 0 aliphatic rings. The zero-order valence-corrected chi connectivity index (χ0v) is 20.7. The zero-order valence-electron chi connectivity index (χ0n) is 19.9. The first-order valence-electron chi connectivity index (χ1n) is 11.4. The lowest BCUT2D eigenvalue weighted by molar-refractivity contribution is -0.130. The molecule has 4 aromatic rings. The molecule has 2 heterocycles. The third-order valence-corrected chi connectivity index (χ3v) is 6.13. The molecule has 0 bridgehead atoms. The van der Waals surface area contributed by atoms with Crippen LogP contribution in [-0.2, 0) is 11.4 Å². The van der Waals surface area contributed by atoms with Crippen molar-refractivity contribution in [1.29, 1.82) is 0 Å². The van der Waals surface area contributed by atoms with E-state index in [1.54, 1.807) is 32.0 Å². The van der Waals surface area contributed by atoms with Crippen molar-refractivity contribution >= 4 is 28.4 Å². The number of ether oxygens (including phenoxy) is 1. The molecule has 0 unspecified atom stereocenters. The number of nitrogens with one attached hydrogen (secondary N) is 1. The molecule has 10 heteroatoms. The van der Waals surface area contributed by atoms with E-state index in [1.807, 2.05) is 13.0 Å². The predicted molar refractivity (Wildman–Crippen MR) is 132 cm³/mol. The Morgan fingerprint density at radius 1 is 1.25 bits per heavy atom. The van der Waals surface area contributed by atoms with Crippen molar-refractivity contribution in [3.05, 3.63) is 82.3 Å². The van der Waals surface area contributed by atoms with E-state index in [1.165, 1.54) is 23.0 Å². The summed E-state index contributed by atoms with van der Waals surface area (Å²) in [5.74, 6) is -1.14. The average molecular weight is 515 g/mol. The molecule has 1 amide bonds. The number of para-hydroxylation sites is 1. The molecule has 2 N–H and O–H groups in total. The summed E-state index contributed by atoms with van der Waals surface area (Å²) >= 11 is 6.38. The van der Waals surface area contributed by atoms with Gasteiger partial charge in [-0.15, -0.1) is 0 Å². The molecule has 4 rings (SSSR count). The fourth-order valence-corrected chi connectivity index (χ4v) is 4.22. The van der Waals surface area contributed by atoms with Gasteiger partial charge in [-0.3, -0.25) is 4.79 Å². The van der Waals surface area contributed by atoms with Crippen molar-refractivity contribution in [3.63, 3.8) is 0 Å². The van der Waals surface area contributed by atoms with Gasteiger partial charge in [0.2, 0.25) is 5.91 Å². The van der Waals surface area contributed by atoms with Gasteiger partial charge >= 0.3 is 0 Å². The van der Waals surface area contributed by atoms with Gasteiger partial charge in [0.1, 0.15) is 29.8 Å². The lowest BCUT2D eigenvalue weighted by Gasteiger charge is -2.21. The molecule has 36 heavy (non-hydrogen) atoms. The number of carbonyl (C=O) groups excluding carboxylic acids is 1. The van der Waals surface area contributed by atoms with Crippen LogP contribution in [0.2, 0.25) is 5.02 Å². The maximum atomic E-state index is 14.2. The minimum absolute atomic E-state index is 0.0363. The van der Waals surface area contributed by atoms with E-state index in [2.05, 4.69) is 15.4 Å². The number of aryl methyl sites for hydroxylation is 1. The third kappa shape index (κ3) is 5.32. The Morgan fingerprint density at radius 3 is 2.72 bits per heavy atom. The Balaban J connectivity index is 1.68. The quantitative estimate of drug-likeness (QED) is 0.338. The van der Waals surface area contributed by atoms with Crippen LogP contribution in [0.4, 0.5) is 8.78 Å². The van der Waals surface area contributed by atoms with E-state index in [9.17, 15) is 18.7 Å². The molecule has 2 aromatic carbocycles. The number of amides is 1. The second kappa shape index (κ2) is 10.6. The number of aliphatic hydroxyl groups excluding tert-OH is 1. The van der Waals surface area contributed by atoms with Crippen LogP contribution in [0.1, 0.15) is 43.1 Å². The highest BCUT2D eigenvalue weighted by Gasteiger charge is 2.21. The number of benzene rings is 2. The van der Waals surface area contributed by atoms with Crippen molar-refractivity contribution in [1.82, 2.24) is 20.1 Å². The van der Waals surface area contributed by atoms with Crippen LogP contribution in [0, 0.1) is 18.6 Å². The molecule has 0 fully saturated rings. The monoisotopic (exact) mass is 514 g/mol. The smallest absolute Gasteiger partial charge is 0.249 e. The number of pyridine rings is 1. The minimum atomic E-state index is -1.17. The van der Waals surface area contributed by atoms with E-state index < -0.39 is 29.7 Å². The Morgan fingerprint density at radius 2 is 2.03 bits per heavy atom. The maximum absolute atomic E-state index is 14.2. The molecule has 0 saturated carbocycles. The molecular weight excluding hydrogens is 490 g/mol. The van der Waals surface area contributed by atoms with Crippen LogP contribution in [0.15, 0.2) is 48.8 Å². The molecule has 188 valence electrons. The Hall–Kier alpha value is -3.56. The van der Waals surface area contributed by atoms with Crippen LogP contribution in [0.25, 0.3) is 16.6 Å². The van der Waals surface area contributed by atoms with Crippen LogP contribution in [0.3, 0.4) is 0 Å². The van der Waals surface area contributed by atoms with Gasteiger partial charge in [0, 0.05) is 16.6 Å². The molecule has 0 aliphatic carbocycles. The molecular formula is C26H25ClF2N4O3. The summed E-state index contributed by atoms with van der Waals surface area (Å²) in [5.41, 5.74) is 2.76. The summed E-state index contributed by atoms with van der Waals surface area (Å²) in [6, 6.07) is 8.96. The first kappa shape index (κ1) is 25.5. The standard InChI is InChI=1S/C26H25ClF2N4O3/c1-4-23(34)26(35)32-15(3)19-9-16(28)10-21(27)20(19)13-36-24-7-5-6-18-22(8-14(2)31-25(18)24)33-12-17(29)11-30-33/h5-12,15,23,34H,4,13H2,1-3H3,(H,32,35)/t15-,23+/m0/s1. The Labute approximate surface area is 211 Å². The third-order valence-electron chi connectivity index (χ3n) is 5.79. The van der Waals surface area contributed by atoms with Gasteiger partial charge in [0.15, 0.2) is 5.82 Å². The lowest BCUT2D eigenvalue weighted by atomic mass is 10.0. The highest BCUT2D eigenvalue weighted by molar-refractivity contribution is 6.31. The van der Waals surface area contributed by atoms with Gasteiger partial charge in [-0.2, -0.15) is 5.10 Å². The van der Waals surface area contributed by atoms with Gasteiger partial charge in [-0.1, -0.05) is 30.7 Å². The highest BCUT2D eigenvalue weighted by atomic mass is 35.5. The van der Waals surface area contributed by atoms with Gasteiger partial charge in [0.25, 0.3) is 0 Å². The van der Waals surface area contributed by atoms with Crippen LogP contribution < -0.4 is 10.1 Å². The Bertz CT molecular complexity index is 1430. The number of carbonyl (C=O) groups is 1. The molecule has 0 spiro atoms. The summed E-state index contributed by atoms with van der Waals surface area (Å²) in [7, 11) is 0. The fraction of sp³-hybridized carbons (Fsp3) is 0.269. The summed E-state index contributed by atoms with van der Waals surface area (Å²) in [6.45, 7) is 5.13. The van der Waals surface area contributed by atoms with Gasteiger partial charge in [0.05, 0.1) is 29.1 Å². The normalized spacial score (nSPS) is 13.0. The van der Waals surface area contributed by atoms with E-state index in [0.717, 1.165) is 6.20 Å². The van der Waals surface area contributed by atoms with Crippen LogP contribution in [0.5, 0.6) is 5.75 Å². The van der Waals surface area contributed by atoms with Crippen LogP contribution >= 0.6 is 11.6 Å². The number of aliphatic hydroxyl groups is 1. The fourth-order valence-electron chi connectivity index (χ4n) is 3.95. The largest absolute Gasteiger partial charge is 0.487 e. The van der Waals surface area contributed by atoms with E-state index >= 15 is 0 Å². The SMILES string of the molecule is CC[C@@H](O)C(=O)N[C@@H](C)c1cc(F)cc(Cl)c1COc1cccc2c(-n3cc(F)cn3)cc(C)nc12. The number of hydrogen-bond acceptors (Lipinski definition) is 5. The number of rotatable bonds is 8. The van der Waals surface area contributed by atoms with Crippen molar-refractivity contribution in [2.24, 2.45) is 0 Å². The van der Waals surface area contributed by atoms with Gasteiger partial charge in [-0.05, 0) is 50.1 Å². The Kier molecular flexibility index (Phi) is 7.51. The number of hydrogen-bond donors (Lipinski definition) is 2. The lowest BCUT2D eigenvalue weighted by Crippen LogP contribution is -2.36. The van der Waals surface area contributed by atoms with Crippen molar-refractivity contribution in [2.45, 2.75) is 45.9 Å². The molecule has 0 aliphatic heterocycles. The summed E-state index contributed by atoms with van der Waals surface area (Å²) in [6.07, 6.45) is 1.48.